The van der Waals surface area contributed by atoms with Gasteiger partial charge in [0, 0.05) is 11.4 Å². The zero-order valence-electron chi connectivity index (χ0n) is 12.8. The lowest BCUT2D eigenvalue weighted by Crippen LogP contribution is -2.49. The molecule has 23 heavy (non-hydrogen) atoms. The maximum absolute atomic E-state index is 12.3. The van der Waals surface area contributed by atoms with Gasteiger partial charge < -0.3 is 10.1 Å². The molecule has 1 atom stereocenters. The fraction of sp³-hybridized carbons (Fsp3) is 0.294. The average molecular weight is 330 g/mol. The van der Waals surface area contributed by atoms with Gasteiger partial charge in [0.2, 0.25) is 5.91 Å². The highest BCUT2D eigenvalue weighted by molar-refractivity contribution is 7.09. The summed E-state index contributed by atoms with van der Waals surface area (Å²) in [5.74, 6) is 0.266. The highest BCUT2D eigenvalue weighted by atomic mass is 32.1. The number of nitrogens with one attached hydrogen (secondary N) is 1. The molecule has 2 amide bonds. The van der Waals surface area contributed by atoms with E-state index in [-0.39, 0.29) is 18.4 Å². The standard InChI is InChI=1S/C17H18N2O3S/c1-12-17(21)19(14-6-2-3-7-15(14)22-12)11-16(20)18-9-8-13-5-4-10-23-13/h2-7,10,12H,8-9,11H2,1H3,(H,18,20)/t12-/m0/s1. The Kier molecular flexibility index (Phi) is 4.62. The molecule has 0 unspecified atom stereocenters. The quantitative estimate of drug-likeness (QED) is 0.914. The van der Waals surface area contributed by atoms with E-state index in [1.54, 1.807) is 30.4 Å². The van der Waals surface area contributed by atoms with Crippen LogP contribution in [0.1, 0.15) is 11.8 Å². The molecule has 1 aromatic carbocycles. The fourth-order valence-electron chi connectivity index (χ4n) is 2.50. The molecule has 2 aromatic rings. The number of fused-ring (bicyclic) bond motifs is 1. The molecule has 0 saturated heterocycles. The van der Waals surface area contributed by atoms with Crippen molar-refractivity contribution in [2.75, 3.05) is 18.0 Å². The van der Waals surface area contributed by atoms with E-state index in [4.69, 9.17) is 4.74 Å². The summed E-state index contributed by atoms with van der Waals surface area (Å²) in [6.45, 7) is 2.27. The van der Waals surface area contributed by atoms with Gasteiger partial charge in [0.05, 0.1) is 5.69 Å². The van der Waals surface area contributed by atoms with Crippen LogP contribution in [-0.4, -0.2) is 31.0 Å². The summed E-state index contributed by atoms with van der Waals surface area (Å²) >= 11 is 1.67. The van der Waals surface area contributed by atoms with Crippen LogP contribution in [0.3, 0.4) is 0 Å². The van der Waals surface area contributed by atoms with Gasteiger partial charge >= 0.3 is 0 Å². The van der Waals surface area contributed by atoms with E-state index in [0.717, 1.165) is 6.42 Å². The number of para-hydroxylation sites is 2. The predicted octanol–water partition coefficient (Wildman–Crippen LogP) is 2.22. The Morgan fingerprint density at radius 2 is 2.13 bits per heavy atom. The van der Waals surface area contributed by atoms with Crippen LogP contribution >= 0.6 is 11.3 Å². The molecule has 2 heterocycles. The second-order valence-electron chi connectivity index (χ2n) is 5.33. The van der Waals surface area contributed by atoms with E-state index in [9.17, 15) is 9.59 Å². The van der Waals surface area contributed by atoms with Gasteiger partial charge in [0.1, 0.15) is 12.3 Å². The molecule has 0 radical (unpaired) electrons. The minimum atomic E-state index is -0.580. The molecule has 1 aromatic heterocycles. The molecule has 0 aliphatic carbocycles. The number of hydrogen-bond donors (Lipinski definition) is 1. The van der Waals surface area contributed by atoms with Crippen molar-refractivity contribution in [3.63, 3.8) is 0 Å². The van der Waals surface area contributed by atoms with Crippen molar-refractivity contribution in [1.29, 1.82) is 0 Å². The van der Waals surface area contributed by atoms with E-state index >= 15 is 0 Å². The minimum absolute atomic E-state index is 0.00792. The molecule has 3 rings (SSSR count). The fourth-order valence-corrected chi connectivity index (χ4v) is 3.21. The SMILES string of the molecule is C[C@@H]1Oc2ccccc2N(CC(=O)NCCc2cccs2)C1=O. The Morgan fingerprint density at radius 1 is 1.30 bits per heavy atom. The van der Waals surface area contributed by atoms with Crippen LogP contribution in [0, 0.1) is 0 Å². The summed E-state index contributed by atoms with van der Waals surface area (Å²) in [7, 11) is 0. The molecule has 120 valence electrons. The largest absolute Gasteiger partial charge is 0.479 e. The summed E-state index contributed by atoms with van der Waals surface area (Å²) in [6.07, 6.45) is 0.219. The second kappa shape index (κ2) is 6.83. The van der Waals surface area contributed by atoms with E-state index in [1.807, 2.05) is 29.6 Å². The Hall–Kier alpha value is -2.34. The van der Waals surface area contributed by atoms with Crippen LogP contribution in [0.2, 0.25) is 0 Å². The summed E-state index contributed by atoms with van der Waals surface area (Å²) in [4.78, 5) is 27.2. The first-order valence-corrected chi connectivity index (χ1v) is 8.39. The van der Waals surface area contributed by atoms with E-state index in [0.29, 0.717) is 18.0 Å². The molecular formula is C17H18N2O3S. The van der Waals surface area contributed by atoms with E-state index in [2.05, 4.69) is 5.32 Å². The van der Waals surface area contributed by atoms with Crippen molar-refractivity contribution in [2.45, 2.75) is 19.4 Å². The van der Waals surface area contributed by atoms with Crippen LogP contribution in [0.15, 0.2) is 41.8 Å². The third kappa shape index (κ3) is 3.53. The zero-order chi connectivity index (χ0) is 16.2. The van der Waals surface area contributed by atoms with Crippen molar-refractivity contribution in [1.82, 2.24) is 5.32 Å². The molecule has 1 aliphatic rings. The molecule has 0 saturated carbocycles. The number of thiophene rings is 1. The van der Waals surface area contributed by atoms with Crippen molar-refractivity contribution >= 4 is 28.8 Å². The molecule has 0 fully saturated rings. The number of ether oxygens (including phenoxy) is 1. The minimum Gasteiger partial charge on any atom is -0.479 e. The molecule has 5 nitrogen and oxygen atoms in total. The highest BCUT2D eigenvalue weighted by Gasteiger charge is 2.32. The number of nitrogens with zero attached hydrogens (tertiary/aromatic N) is 1. The second-order valence-corrected chi connectivity index (χ2v) is 6.36. The van der Waals surface area contributed by atoms with Gasteiger partial charge in [-0.15, -0.1) is 11.3 Å². The lowest BCUT2D eigenvalue weighted by atomic mass is 10.2. The topological polar surface area (TPSA) is 58.6 Å². The molecular weight excluding hydrogens is 312 g/mol. The van der Waals surface area contributed by atoms with Gasteiger partial charge in [0.15, 0.2) is 6.10 Å². The third-order valence-corrected chi connectivity index (χ3v) is 4.59. The van der Waals surface area contributed by atoms with Crippen LogP contribution < -0.4 is 15.0 Å². The highest BCUT2D eigenvalue weighted by Crippen LogP contribution is 2.33. The summed E-state index contributed by atoms with van der Waals surface area (Å²) < 4.78 is 5.56. The van der Waals surface area contributed by atoms with Crippen molar-refractivity contribution in [2.24, 2.45) is 0 Å². The van der Waals surface area contributed by atoms with Crippen LogP contribution in [0.5, 0.6) is 5.75 Å². The smallest absolute Gasteiger partial charge is 0.268 e. The average Bonchev–Trinajstić information content (AvgIpc) is 3.05. The molecule has 0 spiro atoms. The number of hydrogen-bond acceptors (Lipinski definition) is 4. The Balaban J connectivity index is 1.62. The van der Waals surface area contributed by atoms with Gasteiger partial charge in [-0.2, -0.15) is 0 Å². The van der Waals surface area contributed by atoms with Crippen molar-refractivity contribution < 1.29 is 14.3 Å². The lowest BCUT2D eigenvalue weighted by molar-refractivity contribution is -0.128. The lowest BCUT2D eigenvalue weighted by Gasteiger charge is -2.32. The number of carbonyl (C=O) groups is 2. The Bertz CT molecular complexity index is 700. The van der Waals surface area contributed by atoms with Gasteiger partial charge in [-0.3, -0.25) is 14.5 Å². The van der Waals surface area contributed by atoms with E-state index < -0.39 is 6.10 Å². The molecule has 1 aliphatic heterocycles. The normalized spacial score (nSPS) is 16.7. The van der Waals surface area contributed by atoms with E-state index in [1.165, 1.54) is 9.78 Å². The predicted molar refractivity (Wildman–Crippen MR) is 89.9 cm³/mol. The first kappa shape index (κ1) is 15.6. The van der Waals surface area contributed by atoms with Crippen LogP contribution in [0.4, 0.5) is 5.69 Å². The molecule has 0 bridgehead atoms. The number of anilines is 1. The maximum atomic E-state index is 12.3. The van der Waals surface area contributed by atoms with Gasteiger partial charge in [-0.1, -0.05) is 18.2 Å². The van der Waals surface area contributed by atoms with Gasteiger partial charge in [0.25, 0.3) is 5.91 Å². The third-order valence-electron chi connectivity index (χ3n) is 3.65. The Morgan fingerprint density at radius 3 is 2.91 bits per heavy atom. The monoisotopic (exact) mass is 330 g/mol. The molecule has 1 N–H and O–H groups in total. The van der Waals surface area contributed by atoms with Crippen molar-refractivity contribution in [3.05, 3.63) is 46.7 Å². The summed E-state index contributed by atoms with van der Waals surface area (Å²) in [5.41, 5.74) is 0.643. The summed E-state index contributed by atoms with van der Waals surface area (Å²) in [6, 6.07) is 11.3. The summed E-state index contributed by atoms with van der Waals surface area (Å²) in [5, 5.41) is 4.88. The number of benzene rings is 1. The number of amides is 2. The maximum Gasteiger partial charge on any atom is 0.268 e. The Labute approximate surface area is 138 Å². The first-order valence-electron chi connectivity index (χ1n) is 7.51. The van der Waals surface area contributed by atoms with Gasteiger partial charge in [-0.05, 0) is 36.9 Å². The van der Waals surface area contributed by atoms with Crippen molar-refractivity contribution in [3.8, 4) is 5.75 Å². The number of rotatable bonds is 5. The zero-order valence-corrected chi connectivity index (χ0v) is 13.6. The molecule has 6 heteroatoms. The van der Waals surface area contributed by atoms with Crippen LogP contribution in [0.25, 0.3) is 0 Å². The first-order chi connectivity index (χ1) is 11.1. The van der Waals surface area contributed by atoms with Crippen LogP contribution in [-0.2, 0) is 16.0 Å². The number of carbonyl (C=O) groups excluding carboxylic acids is 2. The van der Waals surface area contributed by atoms with Gasteiger partial charge in [-0.25, -0.2) is 0 Å².